The molecule has 13 heavy (non-hydrogen) atoms. The van der Waals surface area contributed by atoms with Crippen LogP contribution in [0.2, 0.25) is 0 Å². The number of carboxylic acids is 1. The highest BCUT2D eigenvalue weighted by molar-refractivity contribution is 8.00. The normalized spacial score (nSPS) is 11.3. The van der Waals surface area contributed by atoms with Gasteiger partial charge in [0.05, 0.1) is 5.92 Å². The van der Waals surface area contributed by atoms with Crippen LogP contribution in [-0.4, -0.2) is 11.1 Å². The Morgan fingerprint density at radius 1 is 1.38 bits per heavy atom. The van der Waals surface area contributed by atoms with E-state index in [-0.39, 0.29) is 5.92 Å². The summed E-state index contributed by atoms with van der Waals surface area (Å²) in [5.74, 6) is -0.972. The van der Waals surface area contributed by atoms with E-state index in [1.54, 1.807) is 13.8 Å². The molecular formula is C10H12O2S. The molecular weight excluding hydrogens is 184 g/mol. The number of carbonyl (C=O) groups is 1. The van der Waals surface area contributed by atoms with E-state index in [1.807, 2.05) is 11.8 Å². The Bertz CT molecular complexity index is 283. The first-order chi connectivity index (χ1) is 6.09. The Kier molecular flexibility index (Phi) is 3.37. The van der Waals surface area contributed by atoms with Crippen molar-refractivity contribution in [3.63, 3.8) is 0 Å². The zero-order valence-electron chi connectivity index (χ0n) is 7.65. The van der Waals surface area contributed by atoms with Crippen molar-refractivity contribution in [3.8, 4) is 0 Å². The zero-order chi connectivity index (χ0) is 9.84. The summed E-state index contributed by atoms with van der Waals surface area (Å²) >= 11 is 1.85. The predicted molar refractivity (Wildman–Crippen MR) is 53.0 cm³/mol. The number of fused-ring (bicyclic) bond motifs is 2. The van der Waals surface area contributed by atoms with Gasteiger partial charge in [-0.2, -0.15) is 0 Å². The van der Waals surface area contributed by atoms with E-state index in [4.69, 9.17) is 5.11 Å². The first kappa shape index (κ1) is 10.1. The van der Waals surface area contributed by atoms with Crippen LogP contribution in [-0.2, 0) is 4.79 Å². The van der Waals surface area contributed by atoms with Gasteiger partial charge in [0.25, 0.3) is 0 Å². The van der Waals surface area contributed by atoms with E-state index in [1.165, 1.54) is 9.79 Å². The third-order valence-electron chi connectivity index (χ3n) is 1.54. The predicted octanol–water partition coefficient (Wildman–Crippen LogP) is 2.88. The second-order valence-electron chi connectivity index (χ2n) is 3.07. The van der Waals surface area contributed by atoms with E-state index in [2.05, 4.69) is 24.3 Å². The number of aliphatic carboxylic acids is 1. The van der Waals surface area contributed by atoms with Gasteiger partial charge in [0.2, 0.25) is 0 Å². The standard InChI is InChI=1S/C6H4S.C4H8O2/c1-2-5-4-6(3-1)7-5;1-3(2)4(5)6/h1-4H;3H,1-2H3,(H,5,6). The highest BCUT2D eigenvalue weighted by atomic mass is 32.2. The average molecular weight is 196 g/mol. The molecule has 0 unspecified atom stereocenters. The van der Waals surface area contributed by atoms with Crippen molar-refractivity contribution in [1.82, 2.24) is 0 Å². The Hall–Kier alpha value is -0.960. The van der Waals surface area contributed by atoms with Gasteiger partial charge in [-0.25, -0.2) is 0 Å². The van der Waals surface area contributed by atoms with E-state index in [9.17, 15) is 4.79 Å². The van der Waals surface area contributed by atoms with Gasteiger partial charge < -0.3 is 5.11 Å². The van der Waals surface area contributed by atoms with Gasteiger partial charge in [-0.1, -0.05) is 31.7 Å². The molecule has 0 saturated carbocycles. The topological polar surface area (TPSA) is 37.3 Å². The molecule has 0 spiro atoms. The molecule has 2 aliphatic heterocycles. The largest absolute Gasteiger partial charge is 0.481 e. The Morgan fingerprint density at radius 3 is 1.85 bits per heavy atom. The van der Waals surface area contributed by atoms with Crippen molar-refractivity contribution in [2.45, 2.75) is 23.6 Å². The molecule has 0 radical (unpaired) electrons. The fourth-order valence-electron chi connectivity index (χ4n) is 0.679. The maximum Gasteiger partial charge on any atom is 0.305 e. The van der Waals surface area contributed by atoms with Crippen molar-refractivity contribution in [2.24, 2.45) is 5.92 Å². The van der Waals surface area contributed by atoms with E-state index in [0.717, 1.165) is 0 Å². The number of hydrogen-bond donors (Lipinski definition) is 1. The second kappa shape index (κ2) is 4.33. The lowest BCUT2D eigenvalue weighted by atomic mass is 10.2. The van der Waals surface area contributed by atoms with Crippen molar-refractivity contribution in [1.29, 1.82) is 0 Å². The monoisotopic (exact) mass is 196 g/mol. The third kappa shape index (κ3) is 3.11. The van der Waals surface area contributed by atoms with Gasteiger partial charge in [0.15, 0.2) is 0 Å². The van der Waals surface area contributed by atoms with Crippen LogP contribution < -0.4 is 0 Å². The summed E-state index contributed by atoms with van der Waals surface area (Å²) in [6.45, 7) is 3.28. The summed E-state index contributed by atoms with van der Waals surface area (Å²) in [5, 5.41) is 7.99. The summed E-state index contributed by atoms with van der Waals surface area (Å²) < 4.78 is 0. The number of hydrogen-bond acceptors (Lipinski definition) is 2. The molecule has 0 saturated heterocycles. The fraction of sp³-hybridized carbons (Fsp3) is 0.300. The number of rotatable bonds is 1. The molecule has 2 bridgehead atoms. The zero-order valence-corrected chi connectivity index (χ0v) is 8.47. The van der Waals surface area contributed by atoms with Crippen LogP contribution in [0.15, 0.2) is 34.1 Å². The van der Waals surface area contributed by atoms with E-state index < -0.39 is 5.97 Å². The number of carboxylic acid groups (broad SMARTS) is 1. The van der Waals surface area contributed by atoms with Crippen LogP contribution in [0.5, 0.6) is 0 Å². The van der Waals surface area contributed by atoms with Crippen molar-refractivity contribution in [3.05, 3.63) is 24.3 Å². The Labute approximate surface area is 82.0 Å². The van der Waals surface area contributed by atoms with E-state index in [0.29, 0.717) is 0 Å². The summed E-state index contributed by atoms with van der Waals surface area (Å²) in [6.07, 6.45) is 0. The lowest BCUT2D eigenvalue weighted by molar-refractivity contribution is -0.140. The molecule has 1 aromatic rings. The molecule has 1 aromatic carbocycles. The molecule has 0 aromatic heterocycles. The third-order valence-corrected chi connectivity index (χ3v) is 2.51. The van der Waals surface area contributed by atoms with Gasteiger partial charge in [0.1, 0.15) is 0 Å². The summed E-state index contributed by atoms with van der Waals surface area (Å²) in [5.41, 5.74) is 0. The molecule has 70 valence electrons. The van der Waals surface area contributed by atoms with Gasteiger partial charge >= 0.3 is 5.97 Å². The molecule has 1 N–H and O–H groups in total. The molecule has 3 rings (SSSR count). The Balaban J connectivity index is 0.000000133. The molecule has 2 heterocycles. The van der Waals surface area contributed by atoms with Crippen LogP contribution in [0.25, 0.3) is 0 Å². The summed E-state index contributed by atoms with van der Waals surface area (Å²) in [6, 6.07) is 8.52. The fourth-order valence-corrected chi connectivity index (χ4v) is 1.43. The minimum Gasteiger partial charge on any atom is -0.481 e. The first-order valence-electron chi connectivity index (χ1n) is 4.10. The van der Waals surface area contributed by atoms with Crippen molar-refractivity contribution in [2.75, 3.05) is 0 Å². The summed E-state index contributed by atoms with van der Waals surface area (Å²) in [7, 11) is 0. The van der Waals surface area contributed by atoms with Crippen LogP contribution >= 0.6 is 11.8 Å². The lowest BCUT2D eigenvalue weighted by Crippen LogP contribution is -2.03. The van der Waals surface area contributed by atoms with Crippen molar-refractivity contribution >= 4 is 17.7 Å². The van der Waals surface area contributed by atoms with Crippen molar-refractivity contribution < 1.29 is 9.90 Å². The lowest BCUT2D eigenvalue weighted by Gasteiger charge is -2.10. The maximum absolute atomic E-state index is 9.70. The SMILES string of the molecule is CC(C)C(=O)O.c1cc2cc(c1)S2. The first-order valence-corrected chi connectivity index (χ1v) is 4.92. The minimum absolute atomic E-state index is 0.231. The Morgan fingerprint density at radius 2 is 1.77 bits per heavy atom. The minimum atomic E-state index is -0.741. The molecule has 0 aliphatic carbocycles. The molecule has 2 aliphatic rings. The smallest absolute Gasteiger partial charge is 0.305 e. The van der Waals surface area contributed by atoms with Gasteiger partial charge in [-0.3, -0.25) is 4.79 Å². The van der Waals surface area contributed by atoms with E-state index >= 15 is 0 Å². The molecule has 0 atom stereocenters. The van der Waals surface area contributed by atoms with Crippen LogP contribution in [0.4, 0.5) is 0 Å². The number of benzene rings is 1. The van der Waals surface area contributed by atoms with Crippen LogP contribution in [0.3, 0.4) is 0 Å². The molecule has 2 nitrogen and oxygen atoms in total. The highest BCUT2D eigenvalue weighted by Gasteiger charge is 2.05. The highest BCUT2D eigenvalue weighted by Crippen LogP contribution is 2.37. The summed E-state index contributed by atoms with van der Waals surface area (Å²) in [4.78, 5) is 12.5. The van der Waals surface area contributed by atoms with Gasteiger partial charge in [-0.15, -0.1) is 0 Å². The van der Waals surface area contributed by atoms with Crippen LogP contribution in [0.1, 0.15) is 13.8 Å². The quantitative estimate of drug-likeness (QED) is 0.762. The maximum atomic E-state index is 9.70. The molecule has 0 fully saturated rings. The molecule has 0 amide bonds. The van der Waals surface area contributed by atoms with Gasteiger partial charge in [0, 0.05) is 9.79 Å². The van der Waals surface area contributed by atoms with Crippen LogP contribution in [0, 0.1) is 5.92 Å². The molecule has 3 heteroatoms. The second-order valence-corrected chi connectivity index (χ2v) is 4.22. The average Bonchev–Trinajstić information content (AvgIpc) is 2.05. The van der Waals surface area contributed by atoms with Gasteiger partial charge in [-0.05, 0) is 18.2 Å².